The maximum Gasteiger partial charge on any atom is 0.115 e. The van der Waals surface area contributed by atoms with E-state index in [0.717, 1.165) is 5.56 Å². The Kier molecular flexibility index (Phi) is 7.45. The summed E-state index contributed by atoms with van der Waals surface area (Å²) in [5.74, 6) is -1.08. The van der Waals surface area contributed by atoms with E-state index in [-0.39, 0.29) is 23.4 Å². The largest absolute Gasteiger partial charge is 0.550 e. The molecule has 0 aliphatic carbocycles. The van der Waals surface area contributed by atoms with E-state index >= 15 is 0 Å². The molecule has 0 radical (unpaired) electrons. The van der Waals surface area contributed by atoms with Gasteiger partial charge in [-0.3, -0.25) is 4.98 Å². The number of nitrogens with zero attached hydrogens (tertiary/aromatic N) is 1. The third kappa shape index (κ3) is 4.51. The molecule has 6 heteroatoms. The van der Waals surface area contributed by atoms with Crippen LogP contribution in [0.5, 0.6) is 0 Å². The van der Waals surface area contributed by atoms with E-state index in [1.807, 2.05) is 0 Å². The van der Waals surface area contributed by atoms with Crippen molar-refractivity contribution in [3.8, 4) is 0 Å². The Morgan fingerprint density at radius 3 is 2.36 bits per heavy atom. The molecule has 80 valence electrons. The third-order valence-electron chi connectivity index (χ3n) is 1.59. The molecular weight excluding hydrogens is 188 g/mol. The molecule has 1 rings (SSSR count). The summed E-state index contributed by atoms with van der Waals surface area (Å²) in [6.07, 6.45) is 3.18. The molecule has 0 amide bonds. The standard InChI is InChI=1S/C8H10N2O2.2H2O/c9-7(5-8(11)12)6-1-3-10-4-2-6;;/h1-4,7H,5,9H2,(H,11,12);2*1H2/t7-;;/m0../s1. The summed E-state index contributed by atoms with van der Waals surface area (Å²) in [6, 6.07) is 3.25. The number of rotatable bonds is 3. The molecule has 1 aromatic rings. The van der Waals surface area contributed by atoms with Crippen LogP contribution in [0.25, 0.3) is 0 Å². The van der Waals surface area contributed by atoms with Gasteiger partial charge in [0, 0.05) is 30.3 Å². The van der Waals surface area contributed by atoms with Crippen LogP contribution in [-0.4, -0.2) is 21.9 Å². The van der Waals surface area contributed by atoms with E-state index in [1.54, 1.807) is 24.5 Å². The van der Waals surface area contributed by atoms with E-state index in [2.05, 4.69) is 10.7 Å². The number of carboxylic acid groups (broad SMARTS) is 1. The normalized spacial score (nSPS) is 10.6. The third-order valence-corrected chi connectivity index (χ3v) is 1.59. The molecule has 1 heterocycles. The van der Waals surface area contributed by atoms with Crippen LogP contribution in [0.3, 0.4) is 0 Å². The van der Waals surface area contributed by atoms with Gasteiger partial charge in [0.25, 0.3) is 0 Å². The maximum atomic E-state index is 10.2. The van der Waals surface area contributed by atoms with Crippen molar-refractivity contribution in [2.24, 2.45) is 0 Å². The molecule has 0 aliphatic rings. The molecule has 0 unspecified atom stereocenters. The van der Waals surface area contributed by atoms with Crippen molar-refractivity contribution in [2.75, 3.05) is 0 Å². The van der Waals surface area contributed by atoms with Gasteiger partial charge in [0.05, 0.1) is 0 Å². The van der Waals surface area contributed by atoms with E-state index in [9.17, 15) is 9.90 Å². The zero-order valence-corrected chi connectivity index (χ0v) is 7.56. The van der Waals surface area contributed by atoms with Crippen LogP contribution in [0.15, 0.2) is 24.5 Å². The topological polar surface area (TPSA) is 144 Å². The second-order valence-corrected chi connectivity index (χ2v) is 2.55. The highest BCUT2D eigenvalue weighted by Gasteiger charge is 2.08. The zero-order valence-electron chi connectivity index (χ0n) is 7.56. The van der Waals surface area contributed by atoms with E-state index < -0.39 is 5.97 Å². The van der Waals surface area contributed by atoms with Crippen molar-refractivity contribution in [1.29, 1.82) is 0 Å². The van der Waals surface area contributed by atoms with E-state index in [0.29, 0.717) is 0 Å². The molecular formula is C8H14N2O4. The van der Waals surface area contributed by atoms with E-state index in [4.69, 9.17) is 0 Å². The Labute approximate surface area is 81.0 Å². The van der Waals surface area contributed by atoms with Crippen molar-refractivity contribution in [2.45, 2.75) is 12.5 Å². The second-order valence-electron chi connectivity index (χ2n) is 2.55. The van der Waals surface area contributed by atoms with Gasteiger partial charge in [-0.1, -0.05) is 0 Å². The lowest BCUT2D eigenvalue weighted by atomic mass is 10.1. The Hall–Kier alpha value is -1.50. The number of aliphatic carboxylic acids is 1. The molecule has 1 aromatic heterocycles. The fourth-order valence-corrected chi connectivity index (χ4v) is 0.955. The summed E-state index contributed by atoms with van der Waals surface area (Å²) < 4.78 is 0. The first-order chi connectivity index (χ1) is 5.70. The van der Waals surface area contributed by atoms with Gasteiger partial charge in [-0.2, -0.15) is 0 Å². The first kappa shape index (κ1) is 15.0. The highest BCUT2D eigenvalue weighted by atomic mass is 16.4. The molecule has 0 aliphatic heterocycles. The van der Waals surface area contributed by atoms with Crippen LogP contribution >= 0.6 is 0 Å². The molecule has 0 aromatic carbocycles. The lowest BCUT2D eigenvalue weighted by Crippen LogP contribution is -2.55. The van der Waals surface area contributed by atoms with Crippen LogP contribution in [-0.2, 0) is 4.79 Å². The summed E-state index contributed by atoms with van der Waals surface area (Å²) in [5, 5.41) is 10.2. The van der Waals surface area contributed by atoms with Crippen LogP contribution in [0.1, 0.15) is 18.0 Å². The number of hydrogen-bond acceptors (Lipinski definition) is 3. The van der Waals surface area contributed by atoms with Gasteiger partial charge < -0.3 is 26.6 Å². The molecule has 7 N–H and O–H groups in total. The minimum absolute atomic E-state index is 0. The number of carboxylic acids is 1. The first-order valence-corrected chi connectivity index (χ1v) is 3.63. The van der Waals surface area contributed by atoms with Crippen LogP contribution in [0.2, 0.25) is 0 Å². The minimum Gasteiger partial charge on any atom is -0.550 e. The lowest BCUT2D eigenvalue weighted by Gasteiger charge is -2.08. The predicted molar refractivity (Wildman–Crippen MR) is 46.7 cm³/mol. The number of carbonyl (C=O) groups is 1. The summed E-state index contributed by atoms with van der Waals surface area (Å²) >= 11 is 0. The maximum absolute atomic E-state index is 10.2. The first-order valence-electron chi connectivity index (χ1n) is 3.63. The lowest BCUT2D eigenvalue weighted by molar-refractivity contribution is -0.430. The number of aromatic nitrogens is 1. The molecule has 0 saturated heterocycles. The predicted octanol–water partition coefficient (Wildman–Crippen LogP) is -3.14. The average Bonchev–Trinajstić information content (AvgIpc) is 2.05. The van der Waals surface area contributed by atoms with Crippen LogP contribution in [0, 0.1) is 0 Å². The van der Waals surface area contributed by atoms with Crippen LogP contribution in [0.4, 0.5) is 0 Å². The fraction of sp³-hybridized carbons (Fsp3) is 0.250. The summed E-state index contributed by atoms with van der Waals surface area (Å²) in [7, 11) is 0. The van der Waals surface area contributed by atoms with Gasteiger partial charge >= 0.3 is 0 Å². The van der Waals surface area contributed by atoms with Gasteiger partial charge in [-0.05, 0) is 12.1 Å². The Balaban J connectivity index is 0. The van der Waals surface area contributed by atoms with Crippen LogP contribution < -0.4 is 10.8 Å². The number of carbonyl (C=O) groups excluding carboxylic acids is 1. The van der Waals surface area contributed by atoms with Gasteiger partial charge in [-0.15, -0.1) is 0 Å². The molecule has 0 bridgehead atoms. The van der Waals surface area contributed by atoms with Crippen molar-refractivity contribution >= 4 is 5.97 Å². The Bertz CT molecular complexity index is 265. The van der Waals surface area contributed by atoms with Crippen molar-refractivity contribution in [3.05, 3.63) is 30.1 Å². The van der Waals surface area contributed by atoms with Crippen molar-refractivity contribution < 1.29 is 26.6 Å². The number of pyridine rings is 1. The summed E-state index contributed by atoms with van der Waals surface area (Å²) in [6.45, 7) is 0. The number of quaternary nitrogens is 1. The summed E-state index contributed by atoms with van der Waals surface area (Å²) in [5.41, 5.74) is 4.57. The highest BCUT2D eigenvalue weighted by Crippen LogP contribution is 2.08. The fourth-order valence-electron chi connectivity index (χ4n) is 0.955. The molecule has 0 saturated carbocycles. The summed E-state index contributed by atoms with van der Waals surface area (Å²) in [4.78, 5) is 14.0. The smallest absolute Gasteiger partial charge is 0.115 e. The second kappa shape index (κ2) is 6.96. The number of hydrogen-bond donors (Lipinski definition) is 1. The molecule has 1 atom stereocenters. The SMILES string of the molecule is O.O.[NH3+][C@@H](CC(=O)[O-])c1ccncc1. The van der Waals surface area contributed by atoms with Gasteiger partial charge in [0.15, 0.2) is 0 Å². The van der Waals surface area contributed by atoms with Crippen molar-refractivity contribution in [1.82, 2.24) is 4.98 Å². The zero-order chi connectivity index (χ0) is 8.97. The van der Waals surface area contributed by atoms with Gasteiger partial charge in [-0.25, -0.2) is 0 Å². The van der Waals surface area contributed by atoms with E-state index in [1.165, 1.54) is 0 Å². The van der Waals surface area contributed by atoms with Crippen molar-refractivity contribution in [3.63, 3.8) is 0 Å². The highest BCUT2D eigenvalue weighted by molar-refractivity contribution is 5.65. The Morgan fingerprint density at radius 1 is 1.43 bits per heavy atom. The quantitative estimate of drug-likeness (QED) is 0.552. The Morgan fingerprint density at radius 2 is 1.93 bits per heavy atom. The monoisotopic (exact) mass is 202 g/mol. The minimum atomic E-state index is -1.08. The molecule has 6 nitrogen and oxygen atoms in total. The average molecular weight is 202 g/mol. The molecule has 0 spiro atoms. The molecule has 0 fully saturated rings. The molecule has 14 heavy (non-hydrogen) atoms. The van der Waals surface area contributed by atoms with Gasteiger partial charge in [0.2, 0.25) is 0 Å². The van der Waals surface area contributed by atoms with Gasteiger partial charge in [0.1, 0.15) is 6.04 Å².